The molecule has 234 valence electrons. The maximum atomic E-state index is 11.7. The van der Waals surface area contributed by atoms with E-state index in [0.717, 1.165) is 50.9 Å². The van der Waals surface area contributed by atoms with Gasteiger partial charge >= 0.3 is 6.16 Å². The molecule has 0 aromatic rings. The first-order chi connectivity index (χ1) is 19.7. The molecule has 0 N–H and O–H groups in total. The molecule has 0 aliphatic rings. The van der Waals surface area contributed by atoms with E-state index in [1.807, 2.05) is 0 Å². The van der Waals surface area contributed by atoms with E-state index in [0.29, 0.717) is 13.2 Å². The summed E-state index contributed by atoms with van der Waals surface area (Å²) in [6.45, 7) is 7.80. The van der Waals surface area contributed by atoms with Crippen LogP contribution < -0.4 is 0 Å². The summed E-state index contributed by atoms with van der Waals surface area (Å²) in [5, 5.41) is 0. The smallest absolute Gasteiger partial charge is 0.434 e. The fraction of sp³-hybridized carbons (Fsp3) is 0.811. The van der Waals surface area contributed by atoms with Gasteiger partial charge in [0, 0.05) is 0 Å². The summed E-state index contributed by atoms with van der Waals surface area (Å²) in [6.07, 6.45) is 43.2. The minimum absolute atomic E-state index is 0.487. The Hall–Kier alpha value is -1.51. The molecule has 40 heavy (non-hydrogen) atoms. The number of unbranched alkanes of at least 4 members (excludes halogenated alkanes) is 18. The Morgan fingerprint density at radius 3 is 1.32 bits per heavy atom. The van der Waals surface area contributed by atoms with Crippen LogP contribution in [0.1, 0.15) is 175 Å². The molecule has 0 spiro atoms. The van der Waals surface area contributed by atoms with Crippen molar-refractivity contribution in [3.63, 3.8) is 0 Å². The highest BCUT2D eigenvalue weighted by Crippen LogP contribution is 2.14. The molecular weight excluding hydrogens is 492 g/mol. The Labute approximate surface area is 250 Å². The Morgan fingerprint density at radius 1 is 0.500 bits per heavy atom. The van der Waals surface area contributed by atoms with Gasteiger partial charge in [-0.2, -0.15) is 0 Å². The van der Waals surface area contributed by atoms with E-state index >= 15 is 0 Å². The molecule has 0 fully saturated rings. The number of carbonyl (C=O) groups excluding carboxylic acids is 1. The van der Waals surface area contributed by atoms with Crippen LogP contribution in [-0.4, -0.2) is 19.4 Å². The van der Waals surface area contributed by atoms with E-state index in [1.165, 1.54) is 109 Å². The van der Waals surface area contributed by atoms with E-state index in [2.05, 4.69) is 57.2 Å². The molecule has 0 amide bonds. The molecule has 0 aromatic heterocycles. The summed E-state index contributed by atoms with van der Waals surface area (Å²) >= 11 is 0. The average molecular weight is 561 g/mol. The van der Waals surface area contributed by atoms with Gasteiger partial charge in [0.15, 0.2) is 0 Å². The molecule has 3 nitrogen and oxygen atoms in total. The van der Waals surface area contributed by atoms with E-state index < -0.39 is 6.16 Å². The molecule has 0 aliphatic heterocycles. The zero-order valence-corrected chi connectivity index (χ0v) is 27.2. The molecule has 0 atom stereocenters. The van der Waals surface area contributed by atoms with Crippen LogP contribution in [0.4, 0.5) is 4.79 Å². The molecule has 0 unspecified atom stereocenters. The molecule has 0 aromatic carbocycles. The van der Waals surface area contributed by atoms with Crippen molar-refractivity contribution in [2.24, 2.45) is 5.92 Å². The van der Waals surface area contributed by atoms with Gasteiger partial charge < -0.3 is 9.47 Å². The third kappa shape index (κ3) is 34.5. The van der Waals surface area contributed by atoms with Crippen molar-refractivity contribution in [1.82, 2.24) is 0 Å². The summed E-state index contributed by atoms with van der Waals surface area (Å²) in [5.41, 5.74) is 0. The maximum absolute atomic E-state index is 11.7. The van der Waals surface area contributed by atoms with Crippen molar-refractivity contribution in [2.45, 2.75) is 175 Å². The predicted octanol–water partition coefficient (Wildman–Crippen LogP) is 12.8. The Kier molecular flexibility index (Phi) is 32.4. The number of carbonyl (C=O) groups is 1. The van der Waals surface area contributed by atoms with Crippen molar-refractivity contribution >= 4 is 6.16 Å². The summed E-state index contributed by atoms with van der Waals surface area (Å²) in [7, 11) is 0. The monoisotopic (exact) mass is 561 g/mol. The van der Waals surface area contributed by atoms with Gasteiger partial charge in [-0.1, -0.05) is 166 Å². The topological polar surface area (TPSA) is 35.5 Å². The third-order valence-corrected chi connectivity index (χ3v) is 7.41. The second-order valence-corrected chi connectivity index (χ2v) is 11.9. The van der Waals surface area contributed by atoms with Gasteiger partial charge in [-0.3, -0.25) is 0 Å². The zero-order chi connectivity index (χ0) is 29.2. The third-order valence-electron chi connectivity index (χ3n) is 7.41. The average Bonchev–Trinajstić information content (AvgIpc) is 2.94. The Morgan fingerprint density at radius 2 is 0.875 bits per heavy atom. The number of hydrogen-bond acceptors (Lipinski definition) is 3. The molecule has 0 rings (SSSR count). The Balaban J connectivity index is 3.23. The van der Waals surface area contributed by atoms with Crippen LogP contribution in [0.3, 0.4) is 0 Å². The van der Waals surface area contributed by atoms with Crippen LogP contribution in [0.2, 0.25) is 0 Å². The molecule has 0 saturated carbocycles. The molecule has 0 saturated heterocycles. The summed E-state index contributed by atoms with van der Waals surface area (Å²) in [6, 6.07) is 0. The first kappa shape index (κ1) is 38.5. The van der Waals surface area contributed by atoms with Gasteiger partial charge in [0.25, 0.3) is 0 Å². The molecule has 0 aliphatic carbocycles. The fourth-order valence-electron chi connectivity index (χ4n) is 4.85. The number of hydrogen-bond donors (Lipinski definition) is 0. The summed E-state index contributed by atoms with van der Waals surface area (Å²) in [4.78, 5) is 11.7. The van der Waals surface area contributed by atoms with Crippen LogP contribution >= 0.6 is 0 Å². The van der Waals surface area contributed by atoms with Crippen LogP contribution in [0.5, 0.6) is 0 Å². The standard InChI is InChI=1S/C37H68O3/c1-4-5-6-7-8-9-10-11-12-13-16-19-22-25-28-31-34-39-37(38)40-35-32-29-26-23-20-17-14-15-18-21-24-27-30-33-36(2)3/h5-6,8-9,11-12,36H,4,7,10,13-35H2,1-3H3/b6-5-,9-8-,12-11-. The van der Waals surface area contributed by atoms with Gasteiger partial charge in [0.05, 0.1) is 13.2 Å². The molecular formula is C37H68O3. The first-order valence-electron chi connectivity index (χ1n) is 17.4. The van der Waals surface area contributed by atoms with Crippen LogP contribution in [0.15, 0.2) is 36.5 Å². The van der Waals surface area contributed by atoms with Gasteiger partial charge in [-0.15, -0.1) is 0 Å². The molecule has 0 heterocycles. The number of rotatable bonds is 30. The normalized spacial score (nSPS) is 12.0. The molecule has 0 bridgehead atoms. The SMILES string of the molecule is CC/C=C\C/C=C\C/C=C\CCCCCCCCOC(=O)OCCCCCCCCCCCCCCCC(C)C. The van der Waals surface area contributed by atoms with Crippen molar-refractivity contribution in [1.29, 1.82) is 0 Å². The zero-order valence-electron chi connectivity index (χ0n) is 27.2. The lowest BCUT2D eigenvalue weighted by Gasteiger charge is -2.07. The molecule has 3 heteroatoms. The lowest BCUT2D eigenvalue weighted by atomic mass is 10.0. The Bertz CT molecular complexity index is 590. The van der Waals surface area contributed by atoms with Crippen molar-refractivity contribution in [3.8, 4) is 0 Å². The van der Waals surface area contributed by atoms with Crippen molar-refractivity contribution < 1.29 is 14.3 Å². The van der Waals surface area contributed by atoms with Crippen LogP contribution in [0, 0.1) is 5.92 Å². The van der Waals surface area contributed by atoms with E-state index in [4.69, 9.17) is 9.47 Å². The summed E-state index contributed by atoms with van der Waals surface area (Å²) in [5.74, 6) is 0.865. The van der Waals surface area contributed by atoms with Crippen LogP contribution in [0.25, 0.3) is 0 Å². The molecule has 0 radical (unpaired) electrons. The quantitative estimate of drug-likeness (QED) is 0.0498. The lowest BCUT2D eigenvalue weighted by molar-refractivity contribution is 0.0529. The minimum atomic E-state index is -0.487. The van der Waals surface area contributed by atoms with Gasteiger partial charge in [-0.25, -0.2) is 4.79 Å². The summed E-state index contributed by atoms with van der Waals surface area (Å²) < 4.78 is 10.4. The van der Waals surface area contributed by atoms with Crippen molar-refractivity contribution in [2.75, 3.05) is 13.2 Å². The fourth-order valence-corrected chi connectivity index (χ4v) is 4.85. The van der Waals surface area contributed by atoms with Crippen molar-refractivity contribution in [3.05, 3.63) is 36.5 Å². The highest BCUT2D eigenvalue weighted by Gasteiger charge is 2.03. The number of ether oxygens (including phenoxy) is 2. The number of allylic oxidation sites excluding steroid dienone is 6. The van der Waals surface area contributed by atoms with Gasteiger partial charge in [0.1, 0.15) is 0 Å². The van der Waals surface area contributed by atoms with E-state index in [9.17, 15) is 4.79 Å². The first-order valence-corrected chi connectivity index (χ1v) is 17.4. The highest BCUT2D eigenvalue weighted by molar-refractivity contribution is 5.59. The predicted molar refractivity (Wildman–Crippen MR) is 176 cm³/mol. The highest BCUT2D eigenvalue weighted by atomic mass is 16.7. The van der Waals surface area contributed by atoms with Crippen LogP contribution in [-0.2, 0) is 9.47 Å². The lowest BCUT2D eigenvalue weighted by Crippen LogP contribution is -2.09. The van der Waals surface area contributed by atoms with E-state index in [-0.39, 0.29) is 0 Å². The van der Waals surface area contributed by atoms with Gasteiger partial charge in [0.2, 0.25) is 0 Å². The minimum Gasteiger partial charge on any atom is -0.434 e. The second kappa shape index (κ2) is 33.7. The second-order valence-electron chi connectivity index (χ2n) is 11.9. The van der Waals surface area contributed by atoms with E-state index in [1.54, 1.807) is 0 Å². The maximum Gasteiger partial charge on any atom is 0.508 e. The largest absolute Gasteiger partial charge is 0.508 e. The van der Waals surface area contributed by atoms with Gasteiger partial charge in [-0.05, 0) is 50.9 Å².